The van der Waals surface area contributed by atoms with E-state index in [2.05, 4.69) is 9.47 Å². The molecule has 1 rings (SSSR count). The highest BCUT2D eigenvalue weighted by molar-refractivity contribution is 5.85. The van der Waals surface area contributed by atoms with Gasteiger partial charge in [0.15, 0.2) is 0 Å². The number of ether oxygens (including phenoxy) is 2. The van der Waals surface area contributed by atoms with Crippen molar-refractivity contribution in [2.24, 2.45) is 0 Å². The minimum absolute atomic E-state index is 0.212. The summed E-state index contributed by atoms with van der Waals surface area (Å²) >= 11 is 0. The quantitative estimate of drug-likeness (QED) is 0.609. The van der Waals surface area contributed by atoms with E-state index in [0.29, 0.717) is 17.4 Å². The Labute approximate surface area is 122 Å². The Hall–Kier alpha value is -2.57. The van der Waals surface area contributed by atoms with Crippen molar-refractivity contribution in [1.82, 2.24) is 0 Å². The van der Waals surface area contributed by atoms with Gasteiger partial charge in [-0.2, -0.15) is 0 Å². The first-order valence-electron chi connectivity index (χ1n) is 6.10. The summed E-state index contributed by atoms with van der Waals surface area (Å²) in [6, 6.07) is 2.80. The molecule has 0 amide bonds. The molecule has 0 radical (unpaired) electrons. The molecule has 0 bridgehead atoms. The number of methoxy groups -OCH3 is 2. The van der Waals surface area contributed by atoms with E-state index >= 15 is 0 Å². The van der Waals surface area contributed by atoms with Gasteiger partial charge in [-0.15, -0.1) is 0 Å². The number of carbonyl (C=O) groups excluding carboxylic acids is 3. The Bertz CT molecular complexity index is 537. The minimum atomic E-state index is -0.574. The van der Waals surface area contributed by atoms with E-state index in [0.717, 1.165) is 0 Å². The number of esters is 2. The number of aryl methyl sites for hydroxylation is 1. The predicted molar refractivity (Wildman–Crippen MR) is 74.5 cm³/mol. The van der Waals surface area contributed by atoms with E-state index in [1.165, 1.54) is 31.3 Å². The molecule has 0 unspecified atom stereocenters. The first-order valence-corrected chi connectivity index (χ1v) is 6.10. The zero-order chi connectivity index (χ0) is 16.0. The van der Waals surface area contributed by atoms with Crippen molar-refractivity contribution in [3.05, 3.63) is 23.3 Å². The van der Waals surface area contributed by atoms with Gasteiger partial charge < -0.3 is 19.5 Å². The van der Waals surface area contributed by atoms with Crippen molar-refractivity contribution in [2.75, 3.05) is 32.2 Å². The highest BCUT2D eigenvalue weighted by atomic mass is 16.5. The summed E-state index contributed by atoms with van der Waals surface area (Å²) in [6.07, 6.45) is 0.615. The zero-order valence-corrected chi connectivity index (χ0v) is 12.1. The minimum Gasteiger partial charge on any atom is -0.506 e. The number of rotatable bonds is 6. The van der Waals surface area contributed by atoms with Gasteiger partial charge in [-0.25, -0.2) is 0 Å². The molecule has 0 atom stereocenters. The summed E-state index contributed by atoms with van der Waals surface area (Å²) in [6.45, 7) is 1.21. The van der Waals surface area contributed by atoms with Crippen LogP contribution in [0.5, 0.6) is 5.75 Å². The van der Waals surface area contributed by atoms with Crippen LogP contribution in [0.2, 0.25) is 0 Å². The molecular weight excluding hydrogens is 278 g/mol. The van der Waals surface area contributed by atoms with Gasteiger partial charge in [0, 0.05) is 5.56 Å². The topological polar surface area (TPSA) is 93.1 Å². The molecule has 1 aromatic carbocycles. The molecule has 21 heavy (non-hydrogen) atoms. The molecular formula is C14H17NO6. The molecule has 0 saturated heterocycles. The molecule has 0 aliphatic heterocycles. The number of phenols is 1. The van der Waals surface area contributed by atoms with Crippen molar-refractivity contribution in [3.8, 4) is 5.75 Å². The number of aromatic hydroxyl groups is 1. The Morgan fingerprint density at radius 3 is 2.14 bits per heavy atom. The summed E-state index contributed by atoms with van der Waals surface area (Å²) in [5.74, 6) is -1.36. The van der Waals surface area contributed by atoms with Gasteiger partial charge in [-0.05, 0) is 24.6 Å². The van der Waals surface area contributed by atoms with Gasteiger partial charge >= 0.3 is 11.9 Å². The molecule has 0 saturated carbocycles. The van der Waals surface area contributed by atoms with Crippen LogP contribution in [0.15, 0.2) is 12.1 Å². The molecule has 1 N–H and O–H groups in total. The van der Waals surface area contributed by atoms with E-state index in [4.69, 9.17) is 0 Å². The smallest absolute Gasteiger partial charge is 0.325 e. The fraction of sp³-hybridized carbons (Fsp3) is 0.357. The normalized spacial score (nSPS) is 9.86. The van der Waals surface area contributed by atoms with Crippen LogP contribution in [0.3, 0.4) is 0 Å². The monoisotopic (exact) mass is 295 g/mol. The second kappa shape index (κ2) is 7.28. The maximum atomic E-state index is 11.4. The highest BCUT2D eigenvalue weighted by Crippen LogP contribution is 2.30. The Kier molecular flexibility index (Phi) is 5.71. The largest absolute Gasteiger partial charge is 0.506 e. The fourth-order valence-electron chi connectivity index (χ4n) is 1.74. The third-order valence-corrected chi connectivity index (χ3v) is 2.93. The average Bonchev–Trinajstić information content (AvgIpc) is 2.47. The molecule has 0 aromatic heterocycles. The van der Waals surface area contributed by atoms with E-state index in [9.17, 15) is 19.5 Å². The summed E-state index contributed by atoms with van der Waals surface area (Å²) < 4.78 is 9.12. The number of aldehydes is 1. The molecule has 0 aliphatic rings. The molecule has 0 spiro atoms. The molecule has 114 valence electrons. The van der Waals surface area contributed by atoms with Crippen LogP contribution in [0.1, 0.15) is 15.9 Å². The number of hydrogen-bond acceptors (Lipinski definition) is 7. The second-order valence-electron chi connectivity index (χ2n) is 4.32. The lowest BCUT2D eigenvalue weighted by atomic mass is 10.1. The van der Waals surface area contributed by atoms with E-state index < -0.39 is 11.9 Å². The van der Waals surface area contributed by atoms with Crippen LogP contribution in [0.25, 0.3) is 0 Å². The van der Waals surface area contributed by atoms with Crippen molar-refractivity contribution < 1.29 is 29.0 Å². The van der Waals surface area contributed by atoms with Crippen LogP contribution < -0.4 is 4.90 Å². The standard InChI is InChI=1S/C14H17NO6/c1-9-4-11(12(17)5-10(9)8-16)15(6-13(18)20-2)7-14(19)21-3/h4-5,8,17H,6-7H2,1-3H3. The summed E-state index contributed by atoms with van der Waals surface area (Å²) in [4.78, 5) is 35.0. The maximum Gasteiger partial charge on any atom is 0.325 e. The van der Waals surface area contributed by atoms with E-state index in [-0.39, 0.29) is 24.5 Å². The average molecular weight is 295 g/mol. The summed E-state index contributed by atoms with van der Waals surface area (Å²) in [5, 5.41) is 9.98. The Balaban J connectivity index is 3.18. The fourth-order valence-corrected chi connectivity index (χ4v) is 1.74. The van der Waals surface area contributed by atoms with Crippen molar-refractivity contribution in [2.45, 2.75) is 6.92 Å². The van der Waals surface area contributed by atoms with Crippen LogP contribution in [-0.2, 0) is 19.1 Å². The Morgan fingerprint density at radius 1 is 1.19 bits per heavy atom. The number of carbonyl (C=O) groups is 3. The van der Waals surface area contributed by atoms with Gasteiger partial charge in [0.25, 0.3) is 0 Å². The maximum absolute atomic E-state index is 11.4. The molecule has 0 aliphatic carbocycles. The van der Waals surface area contributed by atoms with Crippen molar-refractivity contribution in [3.63, 3.8) is 0 Å². The van der Waals surface area contributed by atoms with E-state index in [1.807, 2.05) is 0 Å². The Morgan fingerprint density at radius 2 is 1.71 bits per heavy atom. The SMILES string of the molecule is COC(=O)CN(CC(=O)OC)c1cc(C)c(C=O)cc1O. The number of nitrogens with zero attached hydrogens (tertiary/aromatic N) is 1. The number of anilines is 1. The van der Waals surface area contributed by atoms with Crippen LogP contribution in [0, 0.1) is 6.92 Å². The molecule has 7 nitrogen and oxygen atoms in total. The van der Waals surface area contributed by atoms with Gasteiger partial charge in [0.1, 0.15) is 25.1 Å². The second-order valence-corrected chi connectivity index (χ2v) is 4.32. The summed E-state index contributed by atoms with van der Waals surface area (Å²) in [7, 11) is 2.44. The predicted octanol–water partition coefficient (Wildman–Crippen LogP) is 0.666. The van der Waals surface area contributed by atoms with Gasteiger partial charge in [0.2, 0.25) is 0 Å². The zero-order valence-electron chi connectivity index (χ0n) is 12.1. The van der Waals surface area contributed by atoms with Gasteiger partial charge in [-0.3, -0.25) is 14.4 Å². The third-order valence-electron chi connectivity index (χ3n) is 2.93. The number of hydrogen-bond donors (Lipinski definition) is 1. The van der Waals surface area contributed by atoms with Crippen molar-refractivity contribution in [1.29, 1.82) is 0 Å². The van der Waals surface area contributed by atoms with Crippen LogP contribution in [-0.4, -0.2) is 50.6 Å². The lowest BCUT2D eigenvalue weighted by Gasteiger charge is -2.23. The molecule has 7 heteroatoms. The molecule has 0 heterocycles. The summed E-state index contributed by atoms with van der Waals surface area (Å²) in [5.41, 5.74) is 1.18. The third kappa shape index (κ3) is 4.20. The first kappa shape index (κ1) is 16.5. The molecule has 0 fully saturated rings. The van der Waals surface area contributed by atoms with Gasteiger partial charge in [-0.1, -0.05) is 0 Å². The number of benzene rings is 1. The van der Waals surface area contributed by atoms with Gasteiger partial charge in [0.05, 0.1) is 19.9 Å². The number of phenolic OH excluding ortho intramolecular Hbond substituents is 1. The highest BCUT2D eigenvalue weighted by Gasteiger charge is 2.20. The van der Waals surface area contributed by atoms with Crippen molar-refractivity contribution >= 4 is 23.9 Å². The van der Waals surface area contributed by atoms with Crippen LogP contribution >= 0.6 is 0 Å². The lowest BCUT2D eigenvalue weighted by molar-refractivity contribution is -0.140. The molecule has 1 aromatic rings. The van der Waals surface area contributed by atoms with Crippen LogP contribution in [0.4, 0.5) is 5.69 Å². The lowest BCUT2D eigenvalue weighted by Crippen LogP contribution is -2.35. The first-order chi connectivity index (χ1) is 9.92. The van der Waals surface area contributed by atoms with E-state index in [1.54, 1.807) is 6.92 Å².